The van der Waals surface area contributed by atoms with Crippen LogP contribution < -0.4 is 10.2 Å². The molecule has 0 aliphatic carbocycles. The Bertz CT molecular complexity index is 877. The van der Waals surface area contributed by atoms with Gasteiger partial charge in [0.1, 0.15) is 0 Å². The molecule has 1 N–H and O–H groups in total. The lowest BCUT2D eigenvalue weighted by Gasteiger charge is -2.06. The summed E-state index contributed by atoms with van der Waals surface area (Å²) >= 11 is 0. The molecule has 2 aromatic carbocycles. The van der Waals surface area contributed by atoms with Gasteiger partial charge < -0.3 is 9.47 Å². The van der Waals surface area contributed by atoms with Gasteiger partial charge in [0.05, 0.1) is 23.8 Å². The van der Waals surface area contributed by atoms with Crippen molar-refractivity contribution < 1.29 is 24.0 Å². The fourth-order valence-electron chi connectivity index (χ4n) is 2.07. The van der Waals surface area contributed by atoms with Crippen molar-refractivity contribution in [2.24, 2.45) is 5.10 Å². The fraction of sp³-hybridized carbons (Fsp3) is 0.167. The van der Waals surface area contributed by atoms with E-state index in [1.54, 1.807) is 37.3 Å². The first kappa shape index (κ1) is 19.6. The number of hydrazone groups is 1. The Balaban J connectivity index is 1.89. The van der Waals surface area contributed by atoms with E-state index in [4.69, 9.17) is 4.74 Å². The second-order valence-electron chi connectivity index (χ2n) is 5.42. The summed E-state index contributed by atoms with van der Waals surface area (Å²) in [5.41, 5.74) is 3.80. The lowest BCUT2D eigenvalue weighted by atomic mass is 10.1. The molecule has 0 saturated carbocycles. The minimum atomic E-state index is -0.577. The van der Waals surface area contributed by atoms with Gasteiger partial charge in [-0.2, -0.15) is 5.10 Å². The number of carbonyl (C=O) groups excluding carboxylic acids is 2. The van der Waals surface area contributed by atoms with Crippen LogP contribution in [-0.2, 0) is 9.53 Å². The number of amides is 1. The molecule has 9 nitrogen and oxygen atoms in total. The van der Waals surface area contributed by atoms with Gasteiger partial charge in [0, 0.05) is 6.07 Å². The van der Waals surface area contributed by atoms with Gasteiger partial charge in [0.25, 0.3) is 5.91 Å². The first-order valence-electron chi connectivity index (χ1n) is 7.79. The molecular weight excluding hydrogens is 354 g/mol. The van der Waals surface area contributed by atoms with E-state index in [9.17, 15) is 19.7 Å². The number of hydrogen-bond acceptors (Lipinski definition) is 7. The Labute approximate surface area is 154 Å². The van der Waals surface area contributed by atoms with Gasteiger partial charge in [-0.25, -0.2) is 10.2 Å². The van der Waals surface area contributed by atoms with Gasteiger partial charge in [0.15, 0.2) is 12.4 Å². The fourth-order valence-corrected chi connectivity index (χ4v) is 2.07. The summed E-state index contributed by atoms with van der Waals surface area (Å²) in [6.45, 7) is 1.29. The number of nitro groups is 1. The number of benzene rings is 2. The average molecular weight is 371 g/mol. The van der Waals surface area contributed by atoms with Gasteiger partial charge in [-0.15, -0.1) is 0 Å². The Morgan fingerprint density at radius 3 is 2.56 bits per heavy atom. The van der Waals surface area contributed by atoms with E-state index >= 15 is 0 Å². The third-order valence-electron chi connectivity index (χ3n) is 3.40. The van der Waals surface area contributed by atoms with Gasteiger partial charge >= 0.3 is 11.7 Å². The summed E-state index contributed by atoms with van der Waals surface area (Å²) in [4.78, 5) is 33.5. The lowest BCUT2D eigenvalue weighted by Crippen LogP contribution is -2.24. The largest absolute Gasteiger partial charge is 0.477 e. The molecule has 0 aromatic heterocycles. The van der Waals surface area contributed by atoms with Gasteiger partial charge in [0.2, 0.25) is 0 Å². The van der Waals surface area contributed by atoms with Crippen molar-refractivity contribution in [2.45, 2.75) is 6.92 Å². The predicted molar refractivity (Wildman–Crippen MR) is 96.8 cm³/mol. The summed E-state index contributed by atoms with van der Waals surface area (Å²) < 4.78 is 9.79. The molecule has 1 amide bonds. The van der Waals surface area contributed by atoms with Crippen molar-refractivity contribution in [1.82, 2.24) is 5.43 Å². The molecule has 140 valence electrons. The minimum Gasteiger partial charge on any atom is -0.477 e. The van der Waals surface area contributed by atoms with Gasteiger partial charge in [-0.3, -0.25) is 14.9 Å². The number of hydrogen-bond donors (Lipinski definition) is 1. The number of methoxy groups -OCH3 is 1. The molecule has 0 heterocycles. The molecule has 2 aromatic rings. The van der Waals surface area contributed by atoms with E-state index in [2.05, 4.69) is 15.3 Å². The van der Waals surface area contributed by atoms with Crippen LogP contribution in [0, 0.1) is 17.0 Å². The van der Waals surface area contributed by atoms with Crippen molar-refractivity contribution in [1.29, 1.82) is 0 Å². The van der Waals surface area contributed by atoms with Crippen molar-refractivity contribution in [3.63, 3.8) is 0 Å². The molecule has 0 aliphatic heterocycles. The van der Waals surface area contributed by atoms with Crippen LogP contribution in [0.25, 0.3) is 0 Å². The van der Waals surface area contributed by atoms with E-state index in [0.717, 1.165) is 0 Å². The second-order valence-corrected chi connectivity index (χ2v) is 5.42. The summed E-state index contributed by atoms with van der Waals surface area (Å²) in [7, 11) is 1.29. The molecule has 0 saturated heterocycles. The molecule has 0 atom stereocenters. The number of aryl methyl sites for hydroxylation is 1. The third-order valence-corrected chi connectivity index (χ3v) is 3.40. The Morgan fingerprint density at radius 2 is 1.93 bits per heavy atom. The predicted octanol–water partition coefficient (Wildman–Crippen LogP) is 2.22. The van der Waals surface area contributed by atoms with Crippen molar-refractivity contribution in [3.05, 3.63) is 69.3 Å². The monoisotopic (exact) mass is 371 g/mol. The molecule has 2 rings (SSSR count). The maximum absolute atomic E-state index is 11.8. The van der Waals surface area contributed by atoms with Crippen molar-refractivity contribution in [2.75, 3.05) is 13.7 Å². The standard InChI is InChI=1S/C18H17N3O6/c1-12-3-8-16(15(9-12)21(24)25)27-11-17(22)20-19-10-13-4-6-14(7-5-13)18(23)26-2/h3-10H,11H2,1-2H3,(H,20,22). The summed E-state index contributed by atoms with van der Waals surface area (Å²) in [5.74, 6) is -1.02. The van der Waals surface area contributed by atoms with Crippen LogP contribution in [0.4, 0.5) is 5.69 Å². The highest BCUT2D eigenvalue weighted by Gasteiger charge is 2.16. The highest BCUT2D eigenvalue weighted by molar-refractivity contribution is 5.90. The zero-order chi connectivity index (χ0) is 19.8. The van der Waals surface area contributed by atoms with E-state index < -0.39 is 23.4 Å². The maximum Gasteiger partial charge on any atom is 0.337 e. The van der Waals surface area contributed by atoms with Crippen LogP contribution in [0.1, 0.15) is 21.5 Å². The van der Waals surface area contributed by atoms with Crippen LogP contribution in [0.15, 0.2) is 47.6 Å². The second kappa shape index (κ2) is 9.09. The molecule has 27 heavy (non-hydrogen) atoms. The lowest BCUT2D eigenvalue weighted by molar-refractivity contribution is -0.385. The molecule has 0 fully saturated rings. The smallest absolute Gasteiger partial charge is 0.337 e. The van der Waals surface area contributed by atoms with Crippen LogP contribution in [0.2, 0.25) is 0 Å². The van der Waals surface area contributed by atoms with E-state index in [1.165, 1.54) is 25.5 Å². The number of nitro benzene ring substituents is 1. The van der Waals surface area contributed by atoms with Crippen molar-refractivity contribution in [3.8, 4) is 5.75 Å². The molecule has 9 heteroatoms. The van der Waals surface area contributed by atoms with E-state index in [0.29, 0.717) is 16.7 Å². The molecule has 0 bridgehead atoms. The Morgan fingerprint density at radius 1 is 1.22 bits per heavy atom. The van der Waals surface area contributed by atoms with Crippen molar-refractivity contribution >= 4 is 23.8 Å². The van der Waals surface area contributed by atoms with Gasteiger partial charge in [-0.1, -0.05) is 18.2 Å². The summed E-state index contributed by atoms with van der Waals surface area (Å²) in [6, 6.07) is 10.8. The number of ether oxygens (including phenoxy) is 2. The highest BCUT2D eigenvalue weighted by Crippen LogP contribution is 2.27. The number of carbonyl (C=O) groups is 2. The zero-order valence-corrected chi connectivity index (χ0v) is 14.7. The van der Waals surface area contributed by atoms with Crippen LogP contribution >= 0.6 is 0 Å². The summed E-state index contributed by atoms with van der Waals surface area (Å²) in [6.07, 6.45) is 1.38. The topological polar surface area (TPSA) is 120 Å². The molecular formula is C18H17N3O6. The SMILES string of the molecule is COC(=O)c1ccc(C=NNC(=O)COc2ccc(C)cc2[N+](=O)[O-])cc1. The van der Waals surface area contributed by atoms with Crippen LogP contribution in [-0.4, -0.2) is 36.7 Å². The molecule has 0 radical (unpaired) electrons. The Hall–Kier alpha value is -3.75. The quantitative estimate of drug-likeness (QED) is 0.345. The minimum absolute atomic E-state index is 0.00290. The summed E-state index contributed by atoms with van der Waals surface area (Å²) in [5, 5.41) is 14.8. The van der Waals surface area contributed by atoms with Gasteiger partial charge in [-0.05, 0) is 36.2 Å². The Kier molecular flexibility index (Phi) is 6.59. The average Bonchev–Trinajstić information content (AvgIpc) is 2.66. The van der Waals surface area contributed by atoms with E-state index in [-0.39, 0.29) is 11.4 Å². The van der Waals surface area contributed by atoms with Crippen LogP contribution in [0.3, 0.4) is 0 Å². The molecule has 0 spiro atoms. The first-order chi connectivity index (χ1) is 12.9. The number of nitrogens with one attached hydrogen (secondary N) is 1. The first-order valence-corrected chi connectivity index (χ1v) is 7.79. The third kappa shape index (κ3) is 5.63. The number of esters is 1. The van der Waals surface area contributed by atoms with Crippen LogP contribution in [0.5, 0.6) is 5.75 Å². The molecule has 0 aliphatic rings. The number of nitrogens with zero attached hydrogens (tertiary/aromatic N) is 2. The normalized spacial score (nSPS) is 10.4. The zero-order valence-electron chi connectivity index (χ0n) is 14.7. The maximum atomic E-state index is 11.8. The number of rotatable bonds is 7. The van der Waals surface area contributed by atoms with E-state index in [1.807, 2.05) is 0 Å². The molecule has 0 unspecified atom stereocenters. The highest BCUT2D eigenvalue weighted by atomic mass is 16.6.